The maximum atomic E-state index is 13.2. The largest absolute Gasteiger partial charge is 0.302 e. The Morgan fingerprint density at radius 1 is 0.966 bits per heavy atom. The molecule has 0 N–H and O–H groups in total. The molecule has 0 unspecified atom stereocenters. The van der Waals surface area contributed by atoms with E-state index in [1.807, 2.05) is 18.2 Å². The predicted molar refractivity (Wildman–Crippen MR) is 114 cm³/mol. The summed E-state index contributed by atoms with van der Waals surface area (Å²) in [5.41, 5.74) is 1.76. The van der Waals surface area contributed by atoms with E-state index in [0.717, 1.165) is 10.00 Å². The van der Waals surface area contributed by atoms with Gasteiger partial charge in [-0.2, -0.15) is 0 Å². The normalized spacial score (nSPS) is 11.4. The number of carbonyl (C=O) groups excluding carboxylic acids is 1. The van der Waals surface area contributed by atoms with Gasteiger partial charge in [-0.3, -0.25) is 9.78 Å². The number of hydrogen-bond donors (Lipinski definition) is 0. The SMILES string of the molecule is CN(C)S(=O)(=O)c1ccc(C(=O)N(Cc2ccccn2)c2ccc(Cl)cc2)cc1. The lowest BCUT2D eigenvalue weighted by Gasteiger charge is -2.23. The van der Waals surface area contributed by atoms with Crippen LogP contribution in [0.4, 0.5) is 5.69 Å². The number of halogens is 1. The highest BCUT2D eigenvalue weighted by atomic mass is 35.5. The number of rotatable bonds is 6. The van der Waals surface area contributed by atoms with Crippen LogP contribution >= 0.6 is 11.6 Å². The molecule has 8 heteroatoms. The van der Waals surface area contributed by atoms with Gasteiger partial charge in [0, 0.05) is 36.6 Å². The number of nitrogens with zero attached hydrogens (tertiary/aromatic N) is 3. The van der Waals surface area contributed by atoms with Crippen LogP contribution in [-0.2, 0) is 16.6 Å². The van der Waals surface area contributed by atoms with Crippen molar-refractivity contribution in [3.05, 3.63) is 89.2 Å². The van der Waals surface area contributed by atoms with E-state index >= 15 is 0 Å². The lowest BCUT2D eigenvalue weighted by atomic mass is 10.1. The molecule has 0 spiro atoms. The molecule has 29 heavy (non-hydrogen) atoms. The molecule has 0 atom stereocenters. The number of carbonyl (C=O) groups is 1. The van der Waals surface area contributed by atoms with Gasteiger partial charge in [-0.05, 0) is 60.7 Å². The van der Waals surface area contributed by atoms with Crippen LogP contribution < -0.4 is 4.90 Å². The number of amides is 1. The van der Waals surface area contributed by atoms with Crippen molar-refractivity contribution in [3.63, 3.8) is 0 Å². The molecular weight excluding hydrogens is 410 g/mol. The summed E-state index contributed by atoms with van der Waals surface area (Å²) in [5.74, 6) is -0.272. The molecule has 150 valence electrons. The smallest absolute Gasteiger partial charge is 0.258 e. The lowest BCUT2D eigenvalue weighted by molar-refractivity contribution is 0.0984. The third kappa shape index (κ3) is 4.82. The van der Waals surface area contributed by atoms with Crippen LogP contribution in [-0.4, -0.2) is 37.7 Å². The zero-order chi connectivity index (χ0) is 21.0. The molecule has 0 aliphatic rings. The summed E-state index contributed by atoms with van der Waals surface area (Å²) in [6.45, 7) is 0.263. The maximum absolute atomic E-state index is 13.2. The summed E-state index contributed by atoms with van der Waals surface area (Å²) >= 11 is 5.98. The van der Waals surface area contributed by atoms with E-state index in [0.29, 0.717) is 16.3 Å². The topological polar surface area (TPSA) is 70.6 Å². The van der Waals surface area contributed by atoms with Crippen LogP contribution in [0.5, 0.6) is 0 Å². The Hall–Kier alpha value is -2.74. The van der Waals surface area contributed by atoms with Crippen molar-refractivity contribution in [2.75, 3.05) is 19.0 Å². The van der Waals surface area contributed by atoms with Crippen molar-refractivity contribution in [2.24, 2.45) is 0 Å². The monoisotopic (exact) mass is 429 g/mol. The van der Waals surface area contributed by atoms with Crippen LogP contribution in [0, 0.1) is 0 Å². The molecule has 1 heterocycles. The molecule has 6 nitrogen and oxygen atoms in total. The first-order valence-corrected chi connectivity index (χ1v) is 10.6. The molecule has 0 fully saturated rings. The number of pyridine rings is 1. The maximum Gasteiger partial charge on any atom is 0.258 e. The zero-order valence-electron chi connectivity index (χ0n) is 16.0. The van der Waals surface area contributed by atoms with Crippen LogP contribution in [0.15, 0.2) is 77.8 Å². The van der Waals surface area contributed by atoms with Gasteiger partial charge in [-0.15, -0.1) is 0 Å². The molecular formula is C21H20ClN3O3S. The lowest BCUT2D eigenvalue weighted by Crippen LogP contribution is -2.31. The van der Waals surface area contributed by atoms with Gasteiger partial charge in [0.1, 0.15) is 0 Å². The van der Waals surface area contributed by atoms with Gasteiger partial charge in [0.2, 0.25) is 10.0 Å². The summed E-state index contributed by atoms with van der Waals surface area (Å²) in [6, 6.07) is 18.3. The average molecular weight is 430 g/mol. The molecule has 0 saturated heterocycles. The Bertz CT molecular complexity index is 1080. The van der Waals surface area contributed by atoms with E-state index in [4.69, 9.17) is 11.6 Å². The van der Waals surface area contributed by atoms with Crippen molar-refractivity contribution in [1.29, 1.82) is 0 Å². The fourth-order valence-corrected chi connectivity index (χ4v) is 3.72. The zero-order valence-corrected chi connectivity index (χ0v) is 17.6. The van der Waals surface area contributed by atoms with Crippen LogP contribution in [0.2, 0.25) is 5.02 Å². The third-order valence-corrected chi connectivity index (χ3v) is 6.39. The molecule has 3 aromatic rings. The molecule has 0 saturated carbocycles. The molecule has 2 aromatic carbocycles. The van der Waals surface area contributed by atoms with E-state index in [2.05, 4.69) is 4.98 Å². The Balaban J connectivity index is 1.95. The minimum Gasteiger partial charge on any atom is -0.302 e. The number of aromatic nitrogens is 1. The van der Waals surface area contributed by atoms with Crippen LogP contribution in [0.1, 0.15) is 16.1 Å². The minimum absolute atomic E-state index is 0.127. The Morgan fingerprint density at radius 3 is 2.17 bits per heavy atom. The third-order valence-electron chi connectivity index (χ3n) is 4.31. The standard InChI is InChI=1S/C21H20ClN3O3S/c1-24(2)29(27,28)20-12-6-16(7-13-20)21(26)25(15-18-5-3-4-14-23-18)19-10-8-17(22)9-11-19/h3-14H,15H2,1-2H3. The van der Waals surface area contributed by atoms with Gasteiger partial charge in [0.25, 0.3) is 5.91 Å². The number of hydrogen-bond acceptors (Lipinski definition) is 4. The second-order valence-electron chi connectivity index (χ2n) is 6.50. The van der Waals surface area contributed by atoms with Crippen molar-refractivity contribution in [2.45, 2.75) is 11.4 Å². The van der Waals surface area contributed by atoms with E-state index in [1.54, 1.807) is 35.4 Å². The number of anilines is 1. The van der Waals surface area contributed by atoms with Gasteiger partial charge >= 0.3 is 0 Å². The van der Waals surface area contributed by atoms with Crippen LogP contribution in [0.3, 0.4) is 0 Å². The highest BCUT2D eigenvalue weighted by Gasteiger charge is 2.21. The molecule has 3 rings (SSSR count). The van der Waals surface area contributed by atoms with Gasteiger partial charge in [0.15, 0.2) is 0 Å². The summed E-state index contributed by atoms with van der Waals surface area (Å²) in [7, 11) is -0.638. The molecule has 0 aliphatic heterocycles. The van der Waals surface area contributed by atoms with Crippen molar-refractivity contribution in [3.8, 4) is 0 Å². The molecule has 0 aliphatic carbocycles. The van der Waals surface area contributed by atoms with Crippen molar-refractivity contribution < 1.29 is 13.2 Å². The van der Waals surface area contributed by atoms with E-state index in [1.165, 1.54) is 38.4 Å². The molecule has 1 aromatic heterocycles. The second-order valence-corrected chi connectivity index (χ2v) is 9.09. The quantitative estimate of drug-likeness (QED) is 0.597. The Morgan fingerprint density at radius 2 is 1.62 bits per heavy atom. The highest BCUT2D eigenvalue weighted by molar-refractivity contribution is 7.89. The minimum atomic E-state index is -3.56. The van der Waals surface area contributed by atoms with Gasteiger partial charge in [-0.1, -0.05) is 17.7 Å². The van der Waals surface area contributed by atoms with Crippen LogP contribution in [0.25, 0.3) is 0 Å². The number of benzene rings is 2. The van der Waals surface area contributed by atoms with Gasteiger partial charge in [-0.25, -0.2) is 12.7 Å². The van der Waals surface area contributed by atoms with Gasteiger partial charge in [0.05, 0.1) is 17.1 Å². The number of sulfonamides is 1. The first-order valence-electron chi connectivity index (χ1n) is 8.79. The summed E-state index contributed by atoms with van der Waals surface area (Å²) in [5, 5.41) is 0.567. The molecule has 0 radical (unpaired) electrons. The van der Waals surface area contributed by atoms with E-state index in [-0.39, 0.29) is 17.3 Å². The highest BCUT2D eigenvalue weighted by Crippen LogP contribution is 2.23. The Kier molecular flexibility index (Phi) is 6.32. The van der Waals surface area contributed by atoms with Crippen molar-refractivity contribution in [1.82, 2.24) is 9.29 Å². The van der Waals surface area contributed by atoms with E-state index in [9.17, 15) is 13.2 Å². The summed E-state index contributed by atoms with van der Waals surface area (Å²) in [6.07, 6.45) is 1.67. The second kappa shape index (κ2) is 8.73. The Labute approximate surface area is 175 Å². The summed E-state index contributed by atoms with van der Waals surface area (Å²) in [4.78, 5) is 19.2. The first-order chi connectivity index (χ1) is 13.8. The fourth-order valence-electron chi connectivity index (χ4n) is 2.69. The first kappa shape index (κ1) is 21.0. The molecule has 1 amide bonds. The average Bonchev–Trinajstić information content (AvgIpc) is 2.73. The fraction of sp³-hybridized carbons (Fsp3) is 0.143. The van der Waals surface area contributed by atoms with Gasteiger partial charge < -0.3 is 4.90 Å². The predicted octanol–water partition coefficient (Wildman–Crippen LogP) is 3.83. The summed E-state index contributed by atoms with van der Waals surface area (Å²) < 4.78 is 25.6. The molecule has 0 bridgehead atoms. The van der Waals surface area contributed by atoms with E-state index < -0.39 is 10.0 Å². The van der Waals surface area contributed by atoms with Crippen molar-refractivity contribution >= 4 is 33.2 Å².